The van der Waals surface area contributed by atoms with Crippen LogP contribution in [0.1, 0.15) is 127 Å². The summed E-state index contributed by atoms with van der Waals surface area (Å²) in [5.41, 5.74) is -6.57. The lowest BCUT2D eigenvalue weighted by molar-refractivity contribution is -0.162. The summed E-state index contributed by atoms with van der Waals surface area (Å²) in [6.45, 7) is 14.9. The third-order valence-electron chi connectivity index (χ3n) is 10.8. The van der Waals surface area contributed by atoms with Crippen LogP contribution < -0.4 is 0 Å². The Morgan fingerprint density at radius 3 is 1.09 bits per heavy atom. The zero-order valence-electron chi connectivity index (χ0n) is 27.7. The van der Waals surface area contributed by atoms with E-state index >= 15 is 0 Å². The van der Waals surface area contributed by atoms with Crippen molar-refractivity contribution in [3.8, 4) is 0 Å². The highest BCUT2D eigenvalue weighted by molar-refractivity contribution is 5.81. The molecule has 10 nitrogen and oxygen atoms in total. The van der Waals surface area contributed by atoms with Gasteiger partial charge in [0, 0.05) is 0 Å². The lowest BCUT2D eigenvalue weighted by atomic mass is 9.61. The van der Waals surface area contributed by atoms with Crippen LogP contribution in [0.3, 0.4) is 0 Å². The Labute approximate surface area is 256 Å². The van der Waals surface area contributed by atoms with Crippen molar-refractivity contribution in [1.82, 2.24) is 0 Å². The van der Waals surface area contributed by atoms with Gasteiger partial charge in [0.15, 0.2) is 0 Å². The summed E-state index contributed by atoms with van der Waals surface area (Å²) in [6, 6.07) is 0. The van der Waals surface area contributed by atoms with Crippen molar-refractivity contribution >= 4 is 29.8 Å². The van der Waals surface area contributed by atoms with Crippen LogP contribution in [-0.4, -0.2) is 55.4 Å². The molecule has 0 aliphatic heterocycles. The molecule has 248 valence electrons. The largest absolute Gasteiger partial charge is 0.481 e. The third kappa shape index (κ3) is 9.42. The van der Waals surface area contributed by atoms with Crippen LogP contribution in [0, 0.1) is 50.7 Å². The van der Waals surface area contributed by atoms with Gasteiger partial charge in [-0.1, -0.05) is 20.8 Å². The van der Waals surface area contributed by atoms with E-state index in [1.807, 2.05) is 13.8 Å². The number of carboxylic acid groups (broad SMARTS) is 5. The Kier molecular flexibility index (Phi) is 12.5. The minimum atomic E-state index is -1.55. The SMILES string of the molecule is CCC(C)(CC(C)(CC(C)C1CCC(C(C)CC(C)(CC(C)(CC(C)(C)C(=O)O)C(=O)O)C(=O)O)CC1)C(=O)O)C(=O)O. The van der Waals surface area contributed by atoms with Crippen LogP contribution >= 0.6 is 0 Å². The first-order chi connectivity index (χ1) is 19.4. The van der Waals surface area contributed by atoms with Crippen LogP contribution in [0.2, 0.25) is 0 Å². The molecule has 6 atom stereocenters. The highest BCUT2D eigenvalue weighted by Gasteiger charge is 2.50. The Bertz CT molecular complexity index is 1040. The zero-order chi connectivity index (χ0) is 33.8. The third-order valence-corrected chi connectivity index (χ3v) is 10.8. The number of hydrogen-bond acceptors (Lipinski definition) is 5. The lowest BCUT2D eigenvalue weighted by Crippen LogP contribution is -2.44. The molecule has 6 unspecified atom stereocenters. The van der Waals surface area contributed by atoms with E-state index in [0.717, 1.165) is 25.7 Å². The van der Waals surface area contributed by atoms with Crippen molar-refractivity contribution in [1.29, 1.82) is 0 Å². The fourth-order valence-corrected chi connectivity index (χ4v) is 7.85. The van der Waals surface area contributed by atoms with E-state index in [1.165, 1.54) is 20.8 Å². The van der Waals surface area contributed by atoms with Gasteiger partial charge >= 0.3 is 29.8 Å². The van der Waals surface area contributed by atoms with Crippen molar-refractivity contribution in [2.45, 2.75) is 127 Å². The zero-order valence-corrected chi connectivity index (χ0v) is 27.7. The van der Waals surface area contributed by atoms with Gasteiger partial charge < -0.3 is 25.5 Å². The van der Waals surface area contributed by atoms with Crippen molar-refractivity contribution in [3.05, 3.63) is 0 Å². The molecule has 1 saturated carbocycles. The van der Waals surface area contributed by atoms with Gasteiger partial charge in [-0.3, -0.25) is 24.0 Å². The summed E-state index contributed by atoms with van der Waals surface area (Å²) in [5, 5.41) is 49.7. The standard InChI is InChI=1S/C33H56O10/c1-10-30(6,25(36)37)18-31(7,26(38)39)15-20(2)22-11-13-23(14-12-22)21(3)16-32(8,27(40)41)19-33(9,28(42)43)17-29(4,5)24(34)35/h20-23H,10-19H2,1-9H3,(H,34,35)(H,36,37)(H,38,39)(H,40,41)(H,42,43). The van der Waals surface area contributed by atoms with E-state index in [9.17, 15) is 49.5 Å². The summed E-state index contributed by atoms with van der Waals surface area (Å²) in [5.74, 6) is -4.92. The van der Waals surface area contributed by atoms with Crippen molar-refractivity contribution < 1.29 is 49.5 Å². The Morgan fingerprint density at radius 2 is 0.837 bits per heavy atom. The van der Waals surface area contributed by atoms with Crippen LogP contribution in [-0.2, 0) is 24.0 Å². The van der Waals surface area contributed by atoms with Crippen LogP contribution in [0.5, 0.6) is 0 Å². The van der Waals surface area contributed by atoms with Gasteiger partial charge in [0.05, 0.1) is 27.1 Å². The highest BCUT2D eigenvalue weighted by atomic mass is 16.4. The molecule has 0 saturated heterocycles. The average Bonchev–Trinajstić information content (AvgIpc) is 2.87. The van der Waals surface area contributed by atoms with Gasteiger partial charge in [0.2, 0.25) is 0 Å². The molecule has 0 amide bonds. The normalized spacial score (nSPS) is 24.7. The van der Waals surface area contributed by atoms with E-state index in [-0.39, 0.29) is 49.4 Å². The number of hydrogen-bond donors (Lipinski definition) is 5. The smallest absolute Gasteiger partial charge is 0.309 e. The van der Waals surface area contributed by atoms with Crippen molar-refractivity contribution in [2.75, 3.05) is 0 Å². The molecule has 0 heterocycles. The predicted molar refractivity (Wildman–Crippen MR) is 162 cm³/mol. The minimum Gasteiger partial charge on any atom is -0.481 e. The first-order valence-corrected chi connectivity index (χ1v) is 15.5. The Balaban J connectivity index is 3.00. The average molecular weight is 613 g/mol. The molecule has 1 fully saturated rings. The molecule has 0 radical (unpaired) electrons. The van der Waals surface area contributed by atoms with Gasteiger partial charge in [0.25, 0.3) is 0 Å². The van der Waals surface area contributed by atoms with Gasteiger partial charge in [-0.15, -0.1) is 0 Å². The van der Waals surface area contributed by atoms with E-state index < -0.39 is 56.9 Å². The van der Waals surface area contributed by atoms with Crippen LogP contribution in [0.4, 0.5) is 0 Å². The number of aliphatic carboxylic acids is 5. The van der Waals surface area contributed by atoms with E-state index in [2.05, 4.69) is 0 Å². The number of carbonyl (C=O) groups is 5. The fourth-order valence-electron chi connectivity index (χ4n) is 7.85. The van der Waals surface area contributed by atoms with Gasteiger partial charge in [-0.2, -0.15) is 0 Å². The summed E-state index contributed by atoms with van der Waals surface area (Å²) >= 11 is 0. The Hall–Kier alpha value is -2.65. The summed E-state index contributed by atoms with van der Waals surface area (Å²) in [6.07, 6.45) is 3.96. The molecule has 10 heteroatoms. The fraction of sp³-hybridized carbons (Fsp3) is 0.848. The van der Waals surface area contributed by atoms with Crippen molar-refractivity contribution in [2.24, 2.45) is 50.7 Å². The molecule has 0 bridgehead atoms. The molecule has 1 rings (SSSR count). The molecule has 0 spiro atoms. The predicted octanol–water partition coefficient (Wildman–Crippen LogP) is 6.90. The van der Waals surface area contributed by atoms with E-state index in [1.54, 1.807) is 27.7 Å². The minimum absolute atomic E-state index is 0.0204. The van der Waals surface area contributed by atoms with Gasteiger partial charge in [0.1, 0.15) is 0 Å². The van der Waals surface area contributed by atoms with Gasteiger partial charge in [-0.25, -0.2) is 0 Å². The molecule has 1 aliphatic rings. The molecule has 43 heavy (non-hydrogen) atoms. The first-order valence-electron chi connectivity index (χ1n) is 15.5. The molecular weight excluding hydrogens is 556 g/mol. The summed E-state index contributed by atoms with van der Waals surface area (Å²) < 4.78 is 0. The first kappa shape index (κ1) is 38.4. The van der Waals surface area contributed by atoms with Gasteiger partial charge in [-0.05, 0) is 129 Å². The van der Waals surface area contributed by atoms with E-state index in [0.29, 0.717) is 12.8 Å². The monoisotopic (exact) mass is 612 g/mol. The maximum Gasteiger partial charge on any atom is 0.309 e. The molecule has 1 aliphatic carbocycles. The van der Waals surface area contributed by atoms with Crippen molar-refractivity contribution in [3.63, 3.8) is 0 Å². The lowest BCUT2D eigenvalue weighted by Gasteiger charge is -2.42. The van der Waals surface area contributed by atoms with E-state index in [4.69, 9.17) is 0 Å². The van der Waals surface area contributed by atoms with Crippen LogP contribution in [0.15, 0.2) is 0 Å². The second-order valence-corrected chi connectivity index (χ2v) is 15.6. The number of carboxylic acids is 5. The second kappa shape index (κ2) is 14.0. The molecule has 0 aromatic heterocycles. The summed E-state index contributed by atoms with van der Waals surface area (Å²) in [4.78, 5) is 60.8. The van der Waals surface area contributed by atoms with Crippen LogP contribution in [0.25, 0.3) is 0 Å². The molecular formula is C33H56O10. The maximum atomic E-state index is 12.5. The second-order valence-electron chi connectivity index (χ2n) is 15.6. The quantitative estimate of drug-likeness (QED) is 0.109. The summed E-state index contributed by atoms with van der Waals surface area (Å²) in [7, 11) is 0. The maximum absolute atomic E-state index is 12.5. The molecule has 0 aromatic carbocycles. The number of rotatable bonds is 18. The molecule has 0 aromatic rings. The molecule has 5 N–H and O–H groups in total. The topological polar surface area (TPSA) is 186 Å². The highest BCUT2D eigenvalue weighted by Crippen LogP contribution is 2.49. The Morgan fingerprint density at radius 1 is 0.535 bits per heavy atom.